The Kier molecular flexibility index (Phi) is 6.79. The number of hydrogen-bond donors (Lipinski definition) is 3. The summed E-state index contributed by atoms with van der Waals surface area (Å²) in [4.78, 5) is 11.3. The summed E-state index contributed by atoms with van der Waals surface area (Å²) in [6.07, 6.45) is 0. The van der Waals surface area contributed by atoms with E-state index in [1.54, 1.807) is 13.0 Å². The Hall–Kier alpha value is -0.960. The molecule has 0 spiro atoms. The highest BCUT2D eigenvalue weighted by Gasteiger charge is 2.18. The molecule has 1 aromatic carbocycles. The Morgan fingerprint density at radius 1 is 1.29 bits per heavy atom. The molecule has 0 bridgehead atoms. The normalized spacial score (nSPS) is 11.4. The van der Waals surface area contributed by atoms with Gasteiger partial charge >= 0.3 is 0 Å². The summed E-state index contributed by atoms with van der Waals surface area (Å²) in [5.74, 6) is -0.213. The molecular formula is C13H20BrN3O3S. The van der Waals surface area contributed by atoms with Crippen LogP contribution < -0.4 is 15.4 Å². The van der Waals surface area contributed by atoms with E-state index < -0.39 is 10.0 Å². The van der Waals surface area contributed by atoms with Gasteiger partial charge in [0, 0.05) is 24.5 Å². The molecule has 0 saturated heterocycles. The molecule has 1 amide bonds. The number of hydrogen-bond acceptors (Lipinski definition) is 4. The molecule has 0 saturated carbocycles. The van der Waals surface area contributed by atoms with Crippen LogP contribution in [0.4, 0.5) is 5.69 Å². The highest BCUT2D eigenvalue weighted by atomic mass is 79.9. The number of benzene rings is 1. The summed E-state index contributed by atoms with van der Waals surface area (Å²) in [6.45, 7) is 6.72. The molecule has 3 N–H and O–H groups in total. The quantitative estimate of drug-likeness (QED) is 0.629. The molecule has 0 heterocycles. The van der Waals surface area contributed by atoms with Crippen LogP contribution in [0.2, 0.25) is 0 Å². The number of aryl methyl sites for hydroxylation is 1. The molecule has 1 rings (SSSR count). The third-order valence-corrected chi connectivity index (χ3v) is 4.97. The third kappa shape index (κ3) is 5.39. The topological polar surface area (TPSA) is 87.3 Å². The van der Waals surface area contributed by atoms with Gasteiger partial charge in [-0.05, 0) is 47.1 Å². The maximum Gasteiger partial charge on any atom is 0.240 e. The zero-order valence-electron chi connectivity index (χ0n) is 12.3. The lowest BCUT2D eigenvalue weighted by Gasteiger charge is -2.13. The van der Waals surface area contributed by atoms with Crippen LogP contribution in [-0.2, 0) is 14.8 Å². The van der Waals surface area contributed by atoms with Gasteiger partial charge in [-0.25, -0.2) is 13.1 Å². The van der Waals surface area contributed by atoms with Crippen LogP contribution in [-0.4, -0.2) is 34.0 Å². The summed E-state index contributed by atoms with van der Waals surface area (Å²) in [5.41, 5.74) is 1.12. The summed E-state index contributed by atoms with van der Waals surface area (Å²) in [7, 11) is -3.57. The van der Waals surface area contributed by atoms with E-state index in [-0.39, 0.29) is 10.8 Å². The zero-order valence-corrected chi connectivity index (χ0v) is 14.7. The van der Waals surface area contributed by atoms with Crippen LogP contribution in [0.15, 0.2) is 21.5 Å². The molecule has 0 radical (unpaired) electrons. The molecular weight excluding hydrogens is 358 g/mol. The number of rotatable bonds is 7. The average Bonchev–Trinajstić information content (AvgIpc) is 2.38. The van der Waals surface area contributed by atoms with Crippen LogP contribution in [0.1, 0.15) is 19.4 Å². The predicted octanol–water partition coefficient (Wildman–Crippen LogP) is 1.60. The lowest BCUT2D eigenvalue weighted by Crippen LogP contribution is -2.32. The first-order valence-electron chi connectivity index (χ1n) is 6.56. The van der Waals surface area contributed by atoms with E-state index in [0.717, 1.165) is 6.54 Å². The van der Waals surface area contributed by atoms with Crippen LogP contribution in [0.3, 0.4) is 0 Å². The average molecular weight is 378 g/mol. The molecule has 0 aliphatic carbocycles. The minimum Gasteiger partial charge on any atom is -0.325 e. The van der Waals surface area contributed by atoms with E-state index in [0.29, 0.717) is 28.8 Å². The fourth-order valence-electron chi connectivity index (χ4n) is 1.77. The lowest BCUT2D eigenvalue weighted by atomic mass is 10.2. The largest absolute Gasteiger partial charge is 0.325 e. The van der Waals surface area contributed by atoms with Crippen molar-refractivity contribution in [2.24, 2.45) is 0 Å². The van der Waals surface area contributed by atoms with Gasteiger partial charge in [-0.2, -0.15) is 0 Å². The number of amides is 1. The Balaban J connectivity index is 2.97. The Bertz CT molecular complexity index is 617. The van der Waals surface area contributed by atoms with Gasteiger partial charge in [-0.1, -0.05) is 6.92 Å². The Labute approximate surface area is 133 Å². The number of nitrogens with one attached hydrogen (secondary N) is 3. The molecule has 6 nitrogen and oxygen atoms in total. The van der Waals surface area contributed by atoms with Crippen molar-refractivity contribution in [3.63, 3.8) is 0 Å². The fraction of sp³-hybridized carbons (Fsp3) is 0.462. The zero-order chi connectivity index (χ0) is 16.0. The number of carbonyl (C=O) groups excluding carboxylic acids is 1. The highest BCUT2D eigenvalue weighted by Crippen LogP contribution is 2.28. The smallest absolute Gasteiger partial charge is 0.240 e. The van der Waals surface area contributed by atoms with Crippen molar-refractivity contribution >= 4 is 37.5 Å². The van der Waals surface area contributed by atoms with Crippen molar-refractivity contribution in [2.45, 2.75) is 25.7 Å². The molecule has 0 unspecified atom stereocenters. The molecule has 0 aliphatic heterocycles. The number of anilines is 1. The standard InChI is InChI=1S/C13H20BrN3O3S/c1-4-15-5-6-16-21(19,20)13-8-11(14)12(7-9(13)2)17-10(3)18/h7-8,15-16H,4-6H2,1-3H3,(H,17,18). The van der Waals surface area contributed by atoms with E-state index in [1.165, 1.54) is 13.0 Å². The van der Waals surface area contributed by atoms with Crippen molar-refractivity contribution in [2.75, 3.05) is 25.0 Å². The van der Waals surface area contributed by atoms with Gasteiger partial charge in [0.1, 0.15) is 0 Å². The van der Waals surface area contributed by atoms with Crippen molar-refractivity contribution < 1.29 is 13.2 Å². The van der Waals surface area contributed by atoms with E-state index in [2.05, 4.69) is 31.3 Å². The van der Waals surface area contributed by atoms with Crippen molar-refractivity contribution in [3.8, 4) is 0 Å². The minimum absolute atomic E-state index is 0.194. The highest BCUT2D eigenvalue weighted by molar-refractivity contribution is 9.10. The summed E-state index contributed by atoms with van der Waals surface area (Å²) < 4.78 is 27.6. The second kappa shape index (κ2) is 7.88. The molecule has 0 aromatic heterocycles. The van der Waals surface area contributed by atoms with Gasteiger partial charge in [-0.15, -0.1) is 0 Å². The van der Waals surface area contributed by atoms with E-state index in [1.807, 2.05) is 6.92 Å². The Morgan fingerprint density at radius 2 is 1.95 bits per heavy atom. The van der Waals surface area contributed by atoms with Crippen molar-refractivity contribution in [1.29, 1.82) is 0 Å². The SMILES string of the molecule is CCNCCNS(=O)(=O)c1cc(Br)c(NC(C)=O)cc1C. The number of halogens is 1. The Morgan fingerprint density at radius 3 is 2.52 bits per heavy atom. The first-order valence-corrected chi connectivity index (χ1v) is 8.83. The van der Waals surface area contributed by atoms with E-state index >= 15 is 0 Å². The van der Waals surface area contributed by atoms with Crippen molar-refractivity contribution in [1.82, 2.24) is 10.0 Å². The molecule has 1 aromatic rings. The van der Waals surface area contributed by atoms with Gasteiger partial charge in [0.05, 0.1) is 10.6 Å². The van der Waals surface area contributed by atoms with Gasteiger partial charge in [0.25, 0.3) is 0 Å². The molecule has 21 heavy (non-hydrogen) atoms. The van der Waals surface area contributed by atoms with E-state index in [9.17, 15) is 13.2 Å². The first kappa shape index (κ1) is 18.1. The summed E-state index contributed by atoms with van der Waals surface area (Å²) in [6, 6.07) is 3.13. The van der Waals surface area contributed by atoms with Crippen LogP contribution in [0.5, 0.6) is 0 Å². The predicted molar refractivity (Wildman–Crippen MR) is 86.9 cm³/mol. The van der Waals surface area contributed by atoms with Crippen molar-refractivity contribution in [3.05, 3.63) is 22.2 Å². The van der Waals surface area contributed by atoms with Crippen LogP contribution in [0, 0.1) is 6.92 Å². The molecule has 0 aliphatic rings. The second-order valence-corrected chi connectivity index (χ2v) is 7.12. The molecule has 118 valence electrons. The number of carbonyl (C=O) groups is 1. The van der Waals surface area contributed by atoms with Gasteiger partial charge in [-0.3, -0.25) is 4.79 Å². The monoisotopic (exact) mass is 377 g/mol. The van der Waals surface area contributed by atoms with Gasteiger partial charge in [0.15, 0.2) is 0 Å². The molecule has 0 atom stereocenters. The third-order valence-electron chi connectivity index (χ3n) is 2.71. The number of likely N-dealkylation sites (N-methyl/N-ethyl adjacent to an activating group) is 1. The number of sulfonamides is 1. The molecule has 8 heteroatoms. The first-order chi connectivity index (χ1) is 9.77. The lowest BCUT2D eigenvalue weighted by molar-refractivity contribution is -0.114. The second-order valence-electron chi connectivity index (χ2n) is 4.53. The van der Waals surface area contributed by atoms with Gasteiger partial charge in [0.2, 0.25) is 15.9 Å². The maximum absolute atomic E-state index is 12.3. The van der Waals surface area contributed by atoms with Gasteiger partial charge < -0.3 is 10.6 Å². The summed E-state index contributed by atoms with van der Waals surface area (Å²) in [5, 5.41) is 5.69. The minimum atomic E-state index is -3.57. The van der Waals surface area contributed by atoms with Crippen LogP contribution in [0.25, 0.3) is 0 Å². The van der Waals surface area contributed by atoms with Crippen LogP contribution >= 0.6 is 15.9 Å². The summed E-state index contributed by atoms with van der Waals surface area (Å²) >= 11 is 3.28. The molecule has 0 fully saturated rings. The maximum atomic E-state index is 12.3. The fourth-order valence-corrected chi connectivity index (χ4v) is 3.64. The van der Waals surface area contributed by atoms with E-state index in [4.69, 9.17) is 0 Å².